The van der Waals surface area contributed by atoms with Crippen LogP contribution in [0.1, 0.15) is 43.7 Å². The van der Waals surface area contributed by atoms with Crippen molar-refractivity contribution in [2.24, 2.45) is 0 Å². The average molecular weight is 602 g/mol. The molecule has 0 bridgehead atoms. The van der Waals surface area contributed by atoms with E-state index in [0.29, 0.717) is 31.0 Å². The van der Waals surface area contributed by atoms with E-state index in [9.17, 15) is 9.59 Å². The van der Waals surface area contributed by atoms with Crippen molar-refractivity contribution in [2.45, 2.75) is 56.5 Å². The molecule has 1 atom stereocenters. The Labute approximate surface area is 238 Å². The van der Waals surface area contributed by atoms with Crippen LogP contribution in [0.3, 0.4) is 0 Å². The Bertz CT molecular complexity index is 1130. The quantitative estimate of drug-likeness (QED) is 0.153. The van der Waals surface area contributed by atoms with Gasteiger partial charge < -0.3 is 10.2 Å². The fourth-order valence-electron chi connectivity index (χ4n) is 3.98. The standard InChI is InChI=1S/C30H34BrClN2O2S/c1-2-3-18-33-30(36)28(21-23-9-5-4-6-10-23)34(22-24-11-7-12-25(31)20-24)29(35)13-8-19-37-27-16-14-26(32)15-17-27/h4-7,9-12,14-17,20,28H,2-3,8,13,18-19,21-22H2,1H3,(H,33,36). The predicted molar refractivity (Wildman–Crippen MR) is 158 cm³/mol. The van der Waals surface area contributed by atoms with E-state index >= 15 is 0 Å². The summed E-state index contributed by atoms with van der Waals surface area (Å²) in [5.41, 5.74) is 2.01. The van der Waals surface area contributed by atoms with Crippen molar-refractivity contribution in [3.63, 3.8) is 0 Å². The number of carbonyl (C=O) groups excluding carboxylic acids is 2. The zero-order valence-electron chi connectivity index (χ0n) is 21.2. The van der Waals surface area contributed by atoms with E-state index in [1.807, 2.05) is 78.9 Å². The topological polar surface area (TPSA) is 49.4 Å². The van der Waals surface area contributed by atoms with E-state index < -0.39 is 6.04 Å². The van der Waals surface area contributed by atoms with Gasteiger partial charge in [0.2, 0.25) is 11.8 Å². The Morgan fingerprint density at radius 3 is 2.41 bits per heavy atom. The van der Waals surface area contributed by atoms with Gasteiger partial charge in [0.25, 0.3) is 0 Å². The normalized spacial score (nSPS) is 11.6. The number of nitrogens with one attached hydrogen (secondary N) is 1. The molecule has 0 heterocycles. The molecule has 37 heavy (non-hydrogen) atoms. The zero-order valence-corrected chi connectivity index (χ0v) is 24.3. The Hall–Kier alpha value is -2.28. The van der Waals surface area contributed by atoms with Gasteiger partial charge in [-0.25, -0.2) is 0 Å². The third-order valence-electron chi connectivity index (χ3n) is 5.96. The smallest absolute Gasteiger partial charge is 0.243 e. The van der Waals surface area contributed by atoms with Gasteiger partial charge in [-0.3, -0.25) is 9.59 Å². The van der Waals surface area contributed by atoms with E-state index in [0.717, 1.165) is 45.5 Å². The molecule has 0 aliphatic rings. The van der Waals surface area contributed by atoms with Crippen LogP contribution in [0.2, 0.25) is 5.02 Å². The summed E-state index contributed by atoms with van der Waals surface area (Å²) in [6, 6.07) is 25.0. The van der Waals surface area contributed by atoms with E-state index in [1.54, 1.807) is 16.7 Å². The highest BCUT2D eigenvalue weighted by Gasteiger charge is 2.30. The maximum absolute atomic E-state index is 13.7. The molecule has 1 N–H and O–H groups in total. The average Bonchev–Trinajstić information content (AvgIpc) is 2.90. The Morgan fingerprint density at radius 2 is 1.70 bits per heavy atom. The first kappa shape index (κ1) is 29.3. The van der Waals surface area contributed by atoms with E-state index in [2.05, 4.69) is 28.2 Å². The Balaban J connectivity index is 1.77. The van der Waals surface area contributed by atoms with Crippen molar-refractivity contribution in [3.8, 4) is 0 Å². The van der Waals surface area contributed by atoms with Crippen LogP contribution in [-0.4, -0.2) is 35.1 Å². The molecule has 0 fully saturated rings. The Kier molecular flexibility index (Phi) is 12.5. The number of hydrogen-bond acceptors (Lipinski definition) is 3. The van der Waals surface area contributed by atoms with Gasteiger partial charge in [-0.1, -0.05) is 83.3 Å². The molecule has 0 aliphatic carbocycles. The number of thioether (sulfide) groups is 1. The van der Waals surface area contributed by atoms with Gasteiger partial charge in [-0.2, -0.15) is 0 Å². The molecule has 3 rings (SSSR count). The second-order valence-corrected chi connectivity index (χ2v) is 11.4. The fourth-order valence-corrected chi connectivity index (χ4v) is 5.41. The first-order chi connectivity index (χ1) is 18.0. The Morgan fingerprint density at radius 1 is 0.973 bits per heavy atom. The SMILES string of the molecule is CCCCNC(=O)C(Cc1ccccc1)N(Cc1cccc(Br)c1)C(=O)CCCSc1ccc(Cl)cc1. The van der Waals surface area contributed by atoms with Crippen LogP contribution < -0.4 is 5.32 Å². The molecule has 0 radical (unpaired) electrons. The van der Waals surface area contributed by atoms with Crippen LogP contribution in [0.25, 0.3) is 0 Å². The molecular formula is C30H34BrClN2O2S. The van der Waals surface area contributed by atoms with Crippen LogP contribution in [0, 0.1) is 0 Å². The first-order valence-electron chi connectivity index (χ1n) is 12.7. The molecule has 196 valence electrons. The van der Waals surface area contributed by atoms with Crippen molar-refractivity contribution in [2.75, 3.05) is 12.3 Å². The molecule has 3 aromatic rings. The number of benzene rings is 3. The van der Waals surface area contributed by atoms with Crippen molar-refractivity contribution >= 4 is 51.1 Å². The van der Waals surface area contributed by atoms with Crippen molar-refractivity contribution in [3.05, 3.63) is 99.5 Å². The summed E-state index contributed by atoms with van der Waals surface area (Å²) in [6.45, 7) is 3.08. The molecule has 0 aliphatic heterocycles. The molecule has 4 nitrogen and oxygen atoms in total. The number of unbranched alkanes of at least 4 members (excludes halogenated alkanes) is 1. The highest BCUT2D eigenvalue weighted by Crippen LogP contribution is 2.23. The number of nitrogens with zero attached hydrogens (tertiary/aromatic N) is 1. The highest BCUT2D eigenvalue weighted by molar-refractivity contribution is 9.10. The van der Waals surface area contributed by atoms with Crippen molar-refractivity contribution in [1.29, 1.82) is 0 Å². The number of amides is 2. The number of hydrogen-bond donors (Lipinski definition) is 1. The van der Waals surface area contributed by atoms with Gasteiger partial charge in [0.1, 0.15) is 6.04 Å². The zero-order chi connectivity index (χ0) is 26.5. The van der Waals surface area contributed by atoms with Crippen LogP contribution in [0.4, 0.5) is 0 Å². The third-order valence-corrected chi connectivity index (χ3v) is 7.80. The molecule has 2 amide bonds. The number of rotatable bonds is 14. The summed E-state index contributed by atoms with van der Waals surface area (Å²) in [6.07, 6.45) is 3.47. The van der Waals surface area contributed by atoms with Gasteiger partial charge in [-0.05, 0) is 66.1 Å². The second kappa shape index (κ2) is 15.9. The lowest BCUT2D eigenvalue weighted by Gasteiger charge is -2.31. The summed E-state index contributed by atoms with van der Waals surface area (Å²) in [5, 5.41) is 3.79. The lowest BCUT2D eigenvalue weighted by molar-refractivity contribution is -0.141. The van der Waals surface area contributed by atoms with Crippen molar-refractivity contribution in [1.82, 2.24) is 10.2 Å². The van der Waals surface area contributed by atoms with Gasteiger partial charge in [0.15, 0.2) is 0 Å². The molecule has 3 aromatic carbocycles. The predicted octanol–water partition coefficient (Wildman–Crippen LogP) is 7.53. The van der Waals surface area contributed by atoms with Crippen LogP contribution in [-0.2, 0) is 22.6 Å². The van der Waals surface area contributed by atoms with Crippen molar-refractivity contribution < 1.29 is 9.59 Å². The number of halogens is 2. The molecule has 7 heteroatoms. The largest absolute Gasteiger partial charge is 0.354 e. The summed E-state index contributed by atoms with van der Waals surface area (Å²) in [5.74, 6) is 0.698. The van der Waals surface area contributed by atoms with Gasteiger partial charge >= 0.3 is 0 Å². The molecule has 0 spiro atoms. The number of carbonyl (C=O) groups is 2. The van der Waals surface area contributed by atoms with Crippen LogP contribution in [0.15, 0.2) is 88.2 Å². The monoisotopic (exact) mass is 600 g/mol. The lowest BCUT2D eigenvalue weighted by atomic mass is 10.0. The minimum Gasteiger partial charge on any atom is -0.354 e. The lowest BCUT2D eigenvalue weighted by Crippen LogP contribution is -2.50. The van der Waals surface area contributed by atoms with Crippen LogP contribution >= 0.6 is 39.3 Å². The van der Waals surface area contributed by atoms with E-state index in [-0.39, 0.29) is 11.8 Å². The highest BCUT2D eigenvalue weighted by atomic mass is 79.9. The van der Waals surface area contributed by atoms with Gasteiger partial charge in [0, 0.05) is 40.3 Å². The third kappa shape index (κ3) is 10.2. The summed E-state index contributed by atoms with van der Waals surface area (Å²) < 4.78 is 0.948. The van der Waals surface area contributed by atoms with Crippen LogP contribution in [0.5, 0.6) is 0 Å². The van der Waals surface area contributed by atoms with E-state index in [4.69, 9.17) is 11.6 Å². The molecular weight excluding hydrogens is 568 g/mol. The van der Waals surface area contributed by atoms with Gasteiger partial charge in [0.05, 0.1) is 0 Å². The molecule has 0 saturated heterocycles. The fraction of sp³-hybridized carbons (Fsp3) is 0.333. The second-order valence-electron chi connectivity index (χ2n) is 8.91. The summed E-state index contributed by atoms with van der Waals surface area (Å²) >= 11 is 11.2. The molecule has 1 unspecified atom stereocenters. The molecule has 0 aromatic heterocycles. The summed E-state index contributed by atoms with van der Waals surface area (Å²) in [4.78, 5) is 30.0. The maximum Gasteiger partial charge on any atom is 0.243 e. The van der Waals surface area contributed by atoms with E-state index in [1.165, 1.54) is 0 Å². The maximum atomic E-state index is 13.7. The molecule has 0 saturated carbocycles. The minimum atomic E-state index is -0.588. The summed E-state index contributed by atoms with van der Waals surface area (Å²) in [7, 11) is 0. The first-order valence-corrected chi connectivity index (χ1v) is 14.9. The minimum absolute atomic E-state index is 0.0109. The van der Waals surface area contributed by atoms with Gasteiger partial charge in [-0.15, -0.1) is 11.8 Å².